The van der Waals surface area contributed by atoms with Gasteiger partial charge in [0.1, 0.15) is 5.56 Å². The minimum atomic E-state index is -0.788. The van der Waals surface area contributed by atoms with Gasteiger partial charge in [0, 0.05) is 0 Å². The van der Waals surface area contributed by atoms with Crippen molar-refractivity contribution in [2.75, 3.05) is 19.5 Å². The van der Waals surface area contributed by atoms with Crippen LogP contribution in [0.25, 0.3) is 0 Å². The Labute approximate surface area is 93.2 Å². The molecule has 0 heterocycles. The number of nitrogen functional groups attached to an aromatic ring is 1. The Hall–Kier alpha value is -1.78. The average molecular weight is 227 g/mol. The zero-order valence-electron chi connectivity index (χ0n) is 9.46. The summed E-state index contributed by atoms with van der Waals surface area (Å²) >= 11 is 0. The van der Waals surface area contributed by atoms with E-state index in [1.165, 1.54) is 13.2 Å². The van der Waals surface area contributed by atoms with Gasteiger partial charge in [-0.3, -0.25) is 0 Å². The van der Waals surface area contributed by atoms with E-state index in [9.17, 15) is 9.18 Å². The second kappa shape index (κ2) is 4.83. The van der Waals surface area contributed by atoms with Crippen molar-refractivity contribution in [3.8, 4) is 5.75 Å². The van der Waals surface area contributed by atoms with Gasteiger partial charge in [-0.05, 0) is 25.5 Å². The molecule has 0 fully saturated rings. The van der Waals surface area contributed by atoms with Gasteiger partial charge in [-0.15, -0.1) is 0 Å². The zero-order chi connectivity index (χ0) is 12.3. The van der Waals surface area contributed by atoms with Crippen LogP contribution >= 0.6 is 0 Å². The van der Waals surface area contributed by atoms with Crippen LogP contribution in [0.5, 0.6) is 5.75 Å². The highest BCUT2D eigenvalue weighted by Crippen LogP contribution is 2.29. The predicted molar refractivity (Wildman–Crippen MR) is 58.1 cm³/mol. The number of carbonyl (C=O) groups is 1. The standard InChI is InChI=1S/C11H14FNO3/c1-4-16-11(14)8-9(12)7(15-3)5-6(2)10(8)13/h5H,4,13H2,1-3H3. The molecule has 0 aliphatic rings. The van der Waals surface area contributed by atoms with Crippen molar-refractivity contribution in [3.63, 3.8) is 0 Å². The first kappa shape index (κ1) is 12.3. The second-order valence-electron chi connectivity index (χ2n) is 3.22. The minimum Gasteiger partial charge on any atom is -0.494 e. The third-order valence-electron chi connectivity index (χ3n) is 2.18. The van der Waals surface area contributed by atoms with Gasteiger partial charge in [0.25, 0.3) is 0 Å². The molecule has 0 bridgehead atoms. The molecule has 4 nitrogen and oxygen atoms in total. The Balaban J connectivity index is 3.35. The molecule has 5 heteroatoms. The summed E-state index contributed by atoms with van der Waals surface area (Å²) in [6, 6.07) is 1.44. The second-order valence-corrected chi connectivity index (χ2v) is 3.22. The van der Waals surface area contributed by atoms with Gasteiger partial charge < -0.3 is 15.2 Å². The maximum Gasteiger partial charge on any atom is 0.343 e. The maximum atomic E-state index is 13.8. The number of aryl methyl sites for hydroxylation is 1. The lowest BCUT2D eigenvalue weighted by Gasteiger charge is -2.12. The first-order valence-electron chi connectivity index (χ1n) is 4.82. The number of anilines is 1. The summed E-state index contributed by atoms with van der Waals surface area (Å²) in [5.41, 5.74) is 6.03. The van der Waals surface area contributed by atoms with E-state index in [0.29, 0.717) is 5.56 Å². The van der Waals surface area contributed by atoms with Crippen molar-refractivity contribution < 1.29 is 18.7 Å². The van der Waals surface area contributed by atoms with Crippen molar-refractivity contribution in [2.24, 2.45) is 0 Å². The molecule has 0 atom stereocenters. The molecule has 88 valence electrons. The van der Waals surface area contributed by atoms with Crippen LogP contribution in [-0.4, -0.2) is 19.7 Å². The van der Waals surface area contributed by atoms with E-state index >= 15 is 0 Å². The number of hydrogen-bond donors (Lipinski definition) is 1. The topological polar surface area (TPSA) is 61.5 Å². The molecule has 16 heavy (non-hydrogen) atoms. The average Bonchev–Trinajstić information content (AvgIpc) is 2.24. The number of methoxy groups -OCH3 is 1. The Morgan fingerprint density at radius 2 is 2.19 bits per heavy atom. The van der Waals surface area contributed by atoms with Crippen LogP contribution in [0.4, 0.5) is 10.1 Å². The highest BCUT2D eigenvalue weighted by molar-refractivity contribution is 5.96. The maximum absolute atomic E-state index is 13.8. The molecule has 0 radical (unpaired) electrons. The van der Waals surface area contributed by atoms with E-state index < -0.39 is 11.8 Å². The van der Waals surface area contributed by atoms with Crippen LogP contribution in [0, 0.1) is 12.7 Å². The molecule has 2 N–H and O–H groups in total. The fourth-order valence-electron chi connectivity index (χ4n) is 1.33. The van der Waals surface area contributed by atoms with E-state index in [1.807, 2.05) is 0 Å². The highest BCUT2D eigenvalue weighted by atomic mass is 19.1. The monoisotopic (exact) mass is 227 g/mol. The minimum absolute atomic E-state index is 0.0187. The molecule has 0 spiro atoms. The largest absolute Gasteiger partial charge is 0.494 e. The summed E-state index contributed by atoms with van der Waals surface area (Å²) in [5, 5.41) is 0. The summed E-state index contributed by atoms with van der Waals surface area (Å²) in [7, 11) is 1.32. The summed E-state index contributed by atoms with van der Waals surface area (Å²) in [5.74, 6) is -1.58. The van der Waals surface area contributed by atoms with E-state index in [4.69, 9.17) is 15.2 Å². The molecule has 1 rings (SSSR count). The summed E-state index contributed by atoms with van der Waals surface area (Å²) in [6.07, 6.45) is 0. The van der Waals surface area contributed by atoms with Gasteiger partial charge in [0.15, 0.2) is 11.6 Å². The Morgan fingerprint density at radius 3 is 2.69 bits per heavy atom. The third-order valence-corrected chi connectivity index (χ3v) is 2.18. The van der Waals surface area contributed by atoms with Gasteiger partial charge in [-0.2, -0.15) is 0 Å². The molecule has 0 unspecified atom stereocenters. The summed E-state index contributed by atoms with van der Waals surface area (Å²) < 4.78 is 23.3. The van der Waals surface area contributed by atoms with Crippen molar-refractivity contribution in [1.82, 2.24) is 0 Å². The van der Waals surface area contributed by atoms with Gasteiger partial charge in [0.05, 0.1) is 19.4 Å². The molecule has 0 saturated heterocycles. The number of esters is 1. The lowest BCUT2D eigenvalue weighted by atomic mass is 10.1. The first-order valence-corrected chi connectivity index (χ1v) is 4.82. The molecular formula is C11H14FNO3. The lowest BCUT2D eigenvalue weighted by Crippen LogP contribution is -2.12. The molecule has 0 aliphatic carbocycles. The molecule has 1 aromatic carbocycles. The molecule has 0 aromatic heterocycles. The van der Waals surface area contributed by atoms with Gasteiger partial charge >= 0.3 is 5.97 Å². The predicted octanol–water partition coefficient (Wildman–Crippen LogP) is 1.90. The number of rotatable bonds is 3. The van der Waals surface area contributed by atoms with Crippen LogP contribution in [-0.2, 0) is 4.74 Å². The van der Waals surface area contributed by atoms with Crippen molar-refractivity contribution >= 4 is 11.7 Å². The third kappa shape index (κ3) is 2.08. The number of hydrogen-bond acceptors (Lipinski definition) is 4. The summed E-state index contributed by atoms with van der Waals surface area (Å²) in [6.45, 7) is 3.47. The molecule has 1 aromatic rings. The van der Waals surface area contributed by atoms with Crippen LogP contribution < -0.4 is 10.5 Å². The Kier molecular flexibility index (Phi) is 3.71. The van der Waals surface area contributed by atoms with E-state index in [-0.39, 0.29) is 23.6 Å². The zero-order valence-corrected chi connectivity index (χ0v) is 9.46. The molecule has 0 amide bonds. The smallest absolute Gasteiger partial charge is 0.343 e. The van der Waals surface area contributed by atoms with Gasteiger partial charge in [-0.1, -0.05) is 0 Å². The van der Waals surface area contributed by atoms with Gasteiger partial charge in [-0.25, -0.2) is 9.18 Å². The van der Waals surface area contributed by atoms with E-state index in [1.54, 1.807) is 13.8 Å². The number of carbonyl (C=O) groups excluding carboxylic acids is 1. The SMILES string of the molecule is CCOC(=O)c1c(N)c(C)cc(OC)c1F. The highest BCUT2D eigenvalue weighted by Gasteiger charge is 2.22. The molecular weight excluding hydrogens is 213 g/mol. The number of benzene rings is 1. The number of halogens is 1. The number of nitrogens with two attached hydrogens (primary N) is 1. The van der Waals surface area contributed by atoms with Crippen molar-refractivity contribution in [2.45, 2.75) is 13.8 Å². The van der Waals surface area contributed by atoms with Crippen molar-refractivity contribution in [1.29, 1.82) is 0 Å². The van der Waals surface area contributed by atoms with Crippen LogP contribution in [0.15, 0.2) is 6.07 Å². The lowest BCUT2D eigenvalue weighted by molar-refractivity contribution is 0.0521. The fourth-order valence-corrected chi connectivity index (χ4v) is 1.33. The quantitative estimate of drug-likeness (QED) is 0.632. The first-order chi connectivity index (χ1) is 7.52. The van der Waals surface area contributed by atoms with Crippen LogP contribution in [0.1, 0.15) is 22.8 Å². The fraction of sp³-hybridized carbons (Fsp3) is 0.364. The molecule has 0 aliphatic heterocycles. The Bertz CT molecular complexity index is 418. The van der Waals surface area contributed by atoms with E-state index in [0.717, 1.165) is 0 Å². The normalized spacial score (nSPS) is 10.0. The van der Waals surface area contributed by atoms with Crippen molar-refractivity contribution in [3.05, 3.63) is 23.0 Å². The van der Waals surface area contributed by atoms with Gasteiger partial charge in [0.2, 0.25) is 0 Å². The molecule has 0 saturated carbocycles. The van der Waals surface area contributed by atoms with Crippen LogP contribution in [0.3, 0.4) is 0 Å². The van der Waals surface area contributed by atoms with E-state index in [2.05, 4.69) is 0 Å². The number of ether oxygens (including phenoxy) is 2. The summed E-state index contributed by atoms with van der Waals surface area (Å²) in [4.78, 5) is 11.5. The van der Waals surface area contributed by atoms with Crippen LogP contribution in [0.2, 0.25) is 0 Å². The Morgan fingerprint density at radius 1 is 1.56 bits per heavy atom.